The van der Waals surface area contributed by atoms with Crippen molar-refractivity contribution >= 4 is 23.2 Å². The van der Waals surface area contributed by atoms with Crippen LogP contribution in [0.3, 0.4) is 0 Å². The highest BCUT2D eigenvalue weighted by atomic mass is 35.5. The zero-order valence-corrected chi connectivity index (χ0v) is 9.40. The predicted molar refractivity (Wildman–Crippen MR) is 57.8 cm³/mol. The Labute approximate surface area is 101 Å². The molecule has 0 bridgehead atoms. The standard InChI is InChI=1S/C11H6Cl2F2O/c12-7-5-9(15)8(14)4-6(7)11(13)10-2-1-3-16-10/h1-5,11H. The van der Waals surface area contributed by atoms with Crippen molar-refractivity contribution in [1.29, 1.82) is 0 Å². The lowest BCUT2D eigenvalue weighted by atomic mass is 10.1. The van der Waals surface area contributed by atoms with Gasteiger partial charge < -0.3 is 4.42 Å². The molecule has 0 aliphatic carbocycles. The van der Waals surface area contributed by atoms with Gasteiger partial charge in [-0.3, -0.25) is 0 Å². The number of furan rings is 1. The highest BCUT2D eigenvalue weighted by molar-refractivity contribution is 6.33. The third-order valence-corrected chi connectivity index (χ3v) is 2.88. The van der Waals surface area contributed by atoms with Crippen molar-refractivity contribution in [3.05, 3.63) is 58.5 Å². The quantitative estimate of drug-likeness (QED) is 0.572. The molecule has 5 heteroatoms. The van der Waals surface area contributed by atoms with E-state index in [4.69, 9.17) is 27.6 Å². The Morgan fingerprint density at radius 3 is 2.50 bits per heavy atom. The number of halogens is 4. The minimum Gasteiger partial charge on any atom is -0.467 e. The predicted octanol–water partition coefficient (Wildman–Crippen LogP) is 4.54. The molecule has 16 heavy (non-hydrogen) atoms. The highest BCUT2D eigenvalue weighted by Gasteiger charge is 2.19. The molecule has 0 saturated carbocycles. The molecule has 0 radical (unpaired) electrons. The molecule has 0 amide bonds. The highest BCUT2D eigenvalue weighted by Crippen LogP contribution is 2.34. The summed E-state index contributed by atoms with van der Waals surface area (Å²) in [6.45, 7) is 0. The van der Waals surface area contributed by atoms with Crippen LogP contribution in [0.2, 0.25) is 5.02 Å². The summed E-state index contributed by atoms with van der Waals surface area (Å²) in [4.78, 5) is 0. The van der Waals surface area contributed by atoms with Crippen LogP contribution in [0, 0.1) is 11.6 Å². The summed E-state index contributed by atoms with van der Waals surface area (Å²) in [6.07, 6.45) is 1.44. The smallest absolute Gasteiger partial charge is 0.160 e. The van der Waals surface area contributed by atoms with Crippen molar-refractivity contribution in [2.24, 2.45) is 0 Å². The van der Waals surface area contributed by atoms with Crippen LogP contribution in [0.15, 0.2) is 34.9 Å². The van der Waals surface area contributed by atoms with Crippen LogP contribution in [-0.2, 0) is 0 Å². The summed E-state index contributed by atoms with van der Waals surface area (Å²) in [5.74, 6) is -1.57. The van der Waals surface area contributed by atoms with E-state index in [1.165, 1.54) is 6.26 Å². The summed E-state index contributed by atoms with van der Waals surface area (Å²) >= 11 is 11.8. The van der Waals surface area contributed by atoms with Gasteiger partial charge in [-0.25, -0.2) is 8.78 Å². The summed E-state index contributed by atoms with van der Waals surface area (Å²) in [5, 5.41) is -0.673. The zero-order valence-electron chi connectivity index (χ0n) is 7.88. The molecular formula is C11H6Cl2F2O. The maximum atomic E-state index is 13.0. The van der Waals surface area contributed by atoms with E-state index in [9.17, 15) is 8.78 Å². The summed E-state index contributed by atoms with van der Waals surface area (Å²) in [5.41, 5.74) is 0.275. The molecule has 0 fully saturated rings. The average Bonchev–Trinajstić information content (AvgIpc) is 2.75. The van der Waals surface area contributed by atoms with Gasteiger partial charge in [0.2, 0.25) is 0 Å². The van der Waals surface area contributed by atoms with E-state index in [-0.39, 0.29) is 10.6 Å². The van der Waals surface area contributed by atoms with Crippen molar-refractivity contribution in [2.45, 2.75) is 5.38 Å². The molecule has 1 atom stereocenters. The minimum atomic E-state index is -1.00. The topological polar surface area (TPSA) is 13.1 Å². The molecule has 1 aromatic heterocycles. The second kappa shape index (κ2) is 4.44. The van der Waals surface area contributed by atoms with Gasteiger partial charge in [-0.05, 0) is 29.8 Å². The van der Waals surface area contributed by atoms with E-state index in [0.717, 1.165) is 12.1 Å². The molecule has 1 nitrogen and oxygen atoms in total. The Morgan fingerprint density at radius 2 is 1.88 bits per heavy atom. The van der Waals surface area contributed by atoms with E-state index in [1.807, 2.05) is 0 Å². The summed E-state index contributed by atoms with van der Waals surface area (Å²) in [7, 11) is 0. The second-order valence-electron chi connectivity index (χ2n) is 3.17. The number of alkyl halides is 1. The Hall–Kier alpha value is -1.06. The van der Waals surface area contributed by atoms with Gasteiger partial charge in [0.15, 0.2) is 11.6 Å². The number of rotatable bonds is 2. The Kier molecular flexibility index (Phi) is 3.17. The van der Waals surface area contributed by atoms with Gasteiger partial charge in [0.05, 0.1) is 6.26 Å². The first-order chi connectivity index (χ1) is 7.59. The van der Waals surface area contributed by atoms with E-state index < -0.39 is 17.0 Å². The lowest BCUT2D eigenvalue weighted by Crippen LogP contribution is -1.96. The van der Waals surface area contributed by atoms with Crippen molar-refractivity contribution in [2.75, 3.05) is 0 Å². The monoisotopic (exact) mass is 262 g/mol. The van der Waals surface area contributed by atoms with Gasteiger partial charge in [0.1, 0.15) is 11.1 Å². The molecular weight excluding hydrogens is 257 g/mol. The SMILES string of the molecule is Fc1cc(Cl)c(C(Cl)c2ccco2)cc1F. The molecule has 0 spiro atoms. The van der Waals surface area contributed by atoms with Crippen LogP contribution in [0.25, 0.3) is 0 Å². The number of benzene rings is 1. The van der Waals surface area contributed by atoms with Gasteiger partial charge >= 0.3 is 0 Å². The largest absolute Gasteiger partial charge is 0.467 e. The molecule has 0 aliphatic rings. The first-order valence-corrected chi connectivity index (χ1v) is 5.23. The van der Waals surface area contributed by atoms with Gasteiger partial charge in [0.25, 0.3) is 0 Å². The average molecular weight is 263 g/mol. The second-order valence-corrected chi connectivity index (χ2v) is 4.01. The Morgan fingerprint density at radius 1 is 1.19 bits per heavy atom. The molecule has 1 heterocycles. The lowest BCUT2D eigenvalue weighted by Gasteiger charge is -2.09. The van der Waals surface area contributed by atoms with E-state index in [2.05, 4.69) is 0 Å². The van der Waals surface area contributed by atoms with E-state index >= 15 is 0 Å². The number of hydrogen-bond acceptors (Lipinski definition) is 1. The van der Waals surface area contributed by atoms with Crippen molar-refractivity contribution < 1.29 is 13.2 Å². The Bertz CT molecular complexity index is 497. The van der Waals surface area contributed by atoms with Gasteiger partial charge in [-0.1, -0.05) is 11.6 Å². The first kappa shape index (κ1) is 11.4. The summed E-state index contributed by atoms with van der Waals surface area (Å²) in [6, 6.07) is 5.15. The molecule has 1 aromatic carbocycles. The van der Waals surface area contributed by atoms with Crippen LogP contribution >= 0.6 is 23.2 Å². The van der Waals surface area contributed by atoms with Gasteiger partial charge in [-0.2, -0.15) is 0 Å². The van der Waals surface area contributed by atoms with Crippen molar-refractivity contribution in [3.8, 4) is 0 Å². The molecule has 2 rings (SSSR count). The van der Waals surface area contributed by atoms with E-state index in [0.29, 0.717) is 5.76 Å². The third-order valence-electron chi connectivity index (χ3n) is 2.11. The number of hydrogen-bond donors (Lipinski definition) is 0. The molecule has 0 N–H and O–H groups in total. The van der Waals surface area contributed by atoms with Crippen LogP contribution in [0.5, 0.6) is 0 Å². The fourth-order valence-corrected chi connectivity index (χ4v) is 1.94. The minimum absolute atomic E-state index is 0.0651. The van der Waals surface area contributed by atoms with Crippen LogP contribution in [-0.4, -0.2) is 0 Å². The van der Waals surface area contributed by atoms with Crippen LogP contribution in [0.4, 0.5) is 8.78 Å². The maximum absolute atomic E-state index is 13.0. The van der Waals surface area contributed by atoms with Gasteiger partial charge in [-0.15, -0.1) is 11.6 Å². The zero-order chi connectivity index (χ0) is 11.7. The molecule has 2 aromatic rings. The van der Waals surface area contributed by atoms with Crippen molar-refractivity contribution in [1.82, 2.24) is 0 Å². The lowest BCUT2D eigenvalue weighted by molar-refractivity contribution is 0.501. The molecule has 84 valence electrons. The fourth-order valence-electron chi connectivity index (χ4n) is 1.32. The van der Waals surface area contributed by atoms with Crippen LogP contribution < -0.4 is 0 Å². The maximum Gasteiger partial charge on any atom is 0.160 e. The van der Waals surface area contributed by atoms with E-state index in [1.54, 1.807) is 12.1 Å². The summed E-state index contributed by atoms with van der Waals surface area (Å²) < 4.78 is 30.9. The molecule has 0 saturated heterocycles. The first-order valence-electron chi connectivity index (χ1n) is 4.41. The van der Waals surface area contributed by atoms with Gasteiger partial charge in [0, 0.05) is 5.02 Å². The molecule has 1 unspecified atom stereocenters. The fraction of sp³-hybridized carbons (Fsp3) is 0.0909. The third kappa shape index (κ3) is 2.06. The normalized spacial score (nSPS) is 12.8. The van der Waals surface area contributed by atoms with Crippen molar-refractivity contribution in [3.63, 3.8) is 0 Å². The Balaban J connectivity index is 2.44. The van der Waals surface area contributed by atoms with Crippen LogP contribution in [0.1, 0.15) is 16.7 Å². The molecule has 0 aliphatic heterocycles.